The number of likely N-dealkylation sites (N-methyl/N-ethyl adjacent to an activating group) is 1. The average Bonchev–Trinajstić information content (AvgIpc) is 3.36. The van der Waals surface area contributed by atoms with E-state index in [4.69, 9.17) is 11.6 Å². The van der Waals surface area contributed by atoms with Gasteiger partial charge in [0.05, 0.1) is 20.8 Å². The zero-order valence-corrected chi connectivity index (χ0v) is 19.6. The molecule has 1 atom stereocenters. The van der Waals surface area contributed by atoms with E-state index in [0.29, 0.717) is 11.1 Å². The van der Waals surface area contributed by atoms with E-state index in [1.54, 1.807) is 17.7 Å². The quantitative estimate of drug-likeness (QED) is 0.455. The molecule has 0 unspecified atom stereocenters. The second-order valence-electron chi connectivity index (χ2n) is 8.27. The number of anilines is 2. The third-order valence-electron chi connectivity index (χ3n) is 6.39. The first kappa shape index (κ1) is 20.2. The Kier molecular flexibility index (Phi) is 4.98. The van der Waals surface area contributed by atoms with Crippen LogP contribution in [0.4, 0.5) is 11.5 Å². The summed E-state index contributed by atoms with van der Waals surface area (Å²) in [5.74, 6) is 1.08. The summed E-state index contributed by atoms with van der Waals surface area (Å²) in [7, 11) is 1.95. The van der Waals surface area contributed by atoms with Gasteiger partial charge in [-0.2, -0.15) is 0 Å². The Bertz CT molecular complexity index is 1350. The maximum absolute atomic E-state index is 12.9. The van der Waals surface area contributed by atoms with Crippen LogP contribution >= 0.6 is 34.5 Å². The molecule has 2 N–H and O–H groups in total. The van der Waals surface area contributed by atoms with E-state index >= 15 is 0 Å². The zero-order chi connectivity index (χ0) is 21.8. The van der Waals surface area contributed by atoms with Gasteiger partial charge in [0.1, 0.15) is 22.5 Å². The van der Waals surface area contributed by atoms with Crippen LogP contribution in [-0.4, -0.2) is 56.5 Å². The number of hydrogen-bond acceptors (Lipinski definition) is 9. The van der Waals surface area contributed by atoms with E-state index in [9.17, 15) is 4.79 Å². The van der Waals surface area contributed by atoms with Crippen molar-refractivity contribution in [1.82, 2.24) is 29.8 Å². The molecule has 2 aliphatic rings. The van der Waals surface area contributed by atoms with Crippen LogP contribution < -0.4 is 10.6 Å². The molecule has 4 heterocycles. The molecule has 1 aromatic carbocycles. The summed E-state index contributed by atoms with van der Waals surface area (Å²) in [5, 5.41) is 12.3. The number of nitrogens with one attached hydrogen (secondary N) is 2. The number of thiophene rings is 1. The van der Waals surface area contributed by atoms with Gasteiger partial charge in [0, 0.05) is 29.9 Å². The van der Waals surface area contributed by atoms with Crippen molar-refractivity contribution >= 4 is 72.3 Å². The van der Waals surface area contributed by atoms with Crippen LogP contribution in [0.3, 0.4) is 0 Å². The number of carbonyl (C=O) groups excluding carboxylic acids is 1. The minimum Gasteiger partial charge on any atom is -0.339 e. The molecule has 1 amide bonds. The fourth-order valence-electron chi connectivity index (χ4n) is 4.54. The zero-order valence-electron chi connectivity index (χ0n) is 17.3. The molecule has 0 saturated carbocycles. The molecule has 3 aromatic heterocycles. The molecule has 11 heteroatoms. The molecule has 8 nitrogen and oxygen atoms in total. The maximum Gasteiger partial charge on any atom is 0.226 e. The summed E-state index contributed by atoms with van der Waals surface area (Å²) < 4.78 is 4.95. The number of carbonyl (C=O) groups is 1. The molecule has 0 radical (unpaired) electrons. The number of rotatable bonds is 4. The molecule has 1 aliphatic heterocycles. The Morgan fingerprint density at radius 2 is 2.16 bits per heavy atom. The number of benzene rings is 1. The Morgan fingerprint density at radius 3 is 3.00 bits per heavy atom. The molecular weight excluding hydrogens is 466 g/mol. The minimum absolute atomic E-state index is 0.0495. The largest absolute Gasteiger partial charge is 0.339 e. The number of nitrogens with zero attached hydrogens (tertiary/aromatic N) is 5. The van der Waals surface area contributed by atoms with Gasteiger partial charge in [-0.25, -0.2) is 9.97 Å². The molecular formula is C21H20ClN7OS2. The highest BCUT2D eigenvalue weighted by Gasteiger charge is 2.36. The van der Waals surface area contributed by atoms with E-state index in [-0.39, 0.29) is 11.8 Å². The molecule has 32 heavy (non-hydrogen) atoms. The van der Waals surface area contributed by atoms with Crippen LogP contribution in [0.2, 0.25) is 5.02 Å². The monoisotopic (exact) mass is 485 g/mol. The van der Waals surface area contributed by atoms with Crippen molar-refractivity contribution in [2.24, 2.45) is 5.92 Å². The predicted molar refractivity (Wildman–Crippen MR) is 128 cm³/mol. The first-order chi connectivity index (χ1) is 15.6. The molecule has 1 fully saturated rings. The van der Waals surface area contributed by atoms with Gasteiger partial charge in [-0.3, -0.25) is 4.79 Å². The lowest BCUT2D eigenvalue weighted by Gasteiger charge is -2.41. The Morgan fingerprint density at radius 1 is 1.28 bits per heavy atom. The second kappa shape index (κ2) is 7.87. The Labute approximate surface area is 197 Å². The van der Waals surface area contributed by atoms with E-state index < -0.39 is 0 Å². The van der Waals surface area contributed by atoms with E-state index in [1.807, 2.05) is 24.1 Å². The van der Waals surface area contributed by atoms with Gasteiger partial charge < -0.3 is 15.5 Å². The van der Waals surface area contributed by atoms with E-state index in [1.165, 1.54) is 22.0 Å². The minimum atomic E-state index is 0.0495. The van der Waals surface area contributed by atoms with Crippen molar-refractivity contribution in [3.05, 3.63) is 33.9 Å². The van der Waals surface area contributed by atoms with Crippen LogP contribution in [0.25, 0.3) is 20.4 Å². The van der Waals surface area contributed by atoms with Crippen molar-refractivity contribution in [3.8, 4) is 0 Å². The number of aryl methyl sites for hydroxylation is 1. The maximum atomic E-state index is 12.9. The van der Waals surface area contributed by atoms with Crippen molar-refractivity contribution in [2.75, 3.05) is 25.5 Å². The first-order valence-electron chi connectivity index (χ1n) is 10.5. The topological polar surface area (TPSA) is 95.9 Å². The van der Waals surface area contributed by atoms with Crippen LogP contribution in [-0.2, 0) is 17.6 Å². The van der Waals surface area contributed by atoms with E-state index in [0.717, 1.165) is 64.3 Å². The second-order valence-corrected chi connectivity index (χ2v) is 10.5. The number of fused-ring (bicyclic) bond motifs is 4. The fourth-order valence-corrected chi connectivity index (χ4v) is 6.59. The Balaban J connectivity index is 1.30. The lowest BCUT2D eigenvalue weighted by Crippen LogP contribution is -2.60. The smallest absolute Gasteiger partial charge is 0.226 e. The normalized spacial score (nSPS) is 18.7. The fraction of sp³-hybridized carbons (Fsp3) is 0.381. The molecule has 0 bridgehead atoms. The lowest BCUT2D eigenvalue weighted by molar-refractivity contribution is -0.140. The molecule has 4 aromatic rings. The van der Waals surface area contributed by atoms with Gasteiger partial charge in [0.15, 0.2) is 0 Å². The van der Waals surface area contributed by atoms with Crippen molar-refractivity contribution in [2.45, 2.75) is 25.3 Å². The molecule has 6 rings (SSSR count). The van der Waals surface area contributed by atoms with Crippen LogP contribution in [0.15, 0.2) is 18.5 Å². The number of amides is 1. The summed E-state index contributed by atoms with van der Waals surface area (Å²) in [6.07, 6.45) is 4.05. The number of hydrogen-bond donors (Lipinski definition) is 2. The summed E-state index contributed by atoms with van der Waals surface area (Å²) in [5.41, 5.74) is 2.81. The van der Waals surface area contributed by atoms with Crippen molar-refractivity contribution in [3.63, 3.8) is 0 Å². The standard InChI is InChI=1S/C21H20ClN7OS2/c1-23-11-7-29(8-11)21(30)10-2-3-12-16(4-10)31-20-18(12)19(24-9-25-20)26-14-6-17-15(5-13(14)22)27-28-32-17/h5-6,9-11,23H,2-4,7-8H2,1H3,(H,24,25,26)/t10-/m0/s1. The van der Waals surface area contributed by atoms with Crippen molar-refractivity contribution < 1.29 is 4.79 Å². The van der Waals surface area contributed by atoms with Gasteiger partial charge >= 0.3 is 0 Å². The molecule has 0 spiro atoms. The summed E-state index contributed by atoms with van der Waals surface area (Å²) >= 11 is 9.49. The number of halogens is 1. The highest BCUT2D eigenvalue weighted by Crippen LogP contribution is 2.41. The van der Waals surface area contributed by atoms with Crippen molar-refractivity contribution in [1.29, 1.82) is 0 Å². The van der Waals surface area contributed by atoms with E-state index in [2.05, 4.69) is 30.2 Å². The highest BCUT2D eigenvalue weighted by molar-refractivity contribution is 7.19. The summed E-state index contributed by atoms with van der Waals surface area (Å²) in [6.45, 7) is 1.62. The third kappa shape index (κ3) is 3.33. The summed E-state index contributed by atoms with van der Waals surface area (Å²) in [4.78, 5) is 26.1. The first-order valence-corrected chi connectivity index (χ1v) is 12.5. The predicted octanol–water partition coefficient (Wildman–Crippen LogP) is 3.63. The van der Waals surface area contributed by atoms with Gasteiger partial charge in [0.2, 0.25) is 5.91 Å². The third-order valence-corrected chi connectivity index (χ3v) is 8.55. The van der Waals surface area contributed by atoms with Gasteiger partial charge in [-0.15, -0.1) is 16.4 Å². The molecule has 164 valence electrons. The highest BCUT2D eigenvalue weighted by atomic mass is 35.5. The summed E-state index contributed by atoms with van der Waals surface area (Å²) in [6, 6.07) is 4.20. The van der Waals surface area contributed by atoms with Gasteiger partial charge in [0.25, 0.3) is 0 Å². The lowest BCUT2D eigenvalue weighted by atomic mass is 9.86. The van der Waals surface area contributed by atoms with Crippen LogP contribution in [0, 0.1) is 5.92 Å². The number of aromatic nitrogens is 4. The van der Waals surface area contributed by atoms with Gasteiger partial charge in [-0.05, 0) is 55.5 Å². The Hall–Kier alpha value is -2.40. The van der Waals surface area contributed by atoms with Crippen LogP contribution in [0.1, 0.15) is 16.9 Å². The molecule has 1 saturated heterocycles. The van der Waals surface area contributed by atoms with Gasteiger partial charge in [-0.1, -0.05) is 16.1 Å². The SMILES string of the molecule is CNC1CN(C(=O)[C@H]2CCc3c(sc4ncnc(Nc5cc6snnc6cc5Cl)c34)C2)C1. The van der Waals surface area contributed by atoms with Crippen LogP contribution in [0.5, 0.6) is 0 Å². The number of likely N-dealkylation sites (tertiary alicyclic amines) is 1. The molecule has 1 aliphatic carbocycles. The average molecular weight is 486 g/mol.